The standard InChI is InChI=1S/C31H61N3O3/c1-23(2)15-9-10-18-31(37)33-20-14-12-17-28(34-26(7)8)30(36)22-27(29(35)21-24(3)4)16-11-13-19-32-25(5)6/h23-28,32,34H,9-22H2,1-8H3,(H,33,37). The van der Waals surface area contributed by atoms with E-state index in [0.29, 0.717) is 43.7 Å². The molecular weight excluding hydrogens is 462 g/mol. The molecule has 0 aliphatic rings. The molecule has 0 fully saturated rings. The second-order valence-corrected chi connectivity index (χ2v) is 12.4. The van der Waals surface area contributed by atoms with E-state index < -0.39 is 0 Å². The van der Waals surface area contributed by atoms with Crippen molar-refractivity contribution in [2.24, 2.45) is 17.8 Å². The summed E-state index contributed by atoms with van der Waals surface area (Å²) in [5, 5.41) is 9.89. The molecule has 0 aliphatic carbocycles. The highest BCUT2D eigenvalue weighted by Crippen LogP contribution is 2.21. The minimum Gasteiger partial charge on any atom is -0.356 e. The maximum atomic E-state index is 13.3. The largest absolute Gasteiger partial charge is 0.356 e. The van der Waals surface area contributed by atoms with Crippen LogP contribution in [0.25, 0.3) is 0 Å². The summed E-state index contributed by atoms with van der Waals surface area (Å²) in [5.74, 6) is 1.34. The molecule has 218 valence electrons. The number of amides is 1. The Balaban J connectivity index is 4.68. The Morgan fingerprint density at radius 1 is 0.595 bits per heavy atom. The molecule has 0 rings (SSSR count). The van der Waals surface area contributed by atoms with Crippen LogP contribution in [0.2, 0.25) is 0 Å². The first-order valence-electron chi connectivity index (χ1n) is 15.2. The summed E-state index contributed by atoms with van der Waals surface area (Å²) >= 11 is 0. The molecule has 0 saturated heterocycles. The molecule has 6 heteroatoms. The average molecular weight is 524 g/mol. The molecular formula is C31H61N3O3. The fraction of sp³-hybridized carbons (Fsp3) is 0.903. The lowest BCUT2D eigenvalue weighted by Crippen LogP contribution is -2.42. The molecule has 6 nitrogen and oxygen atoms in total. The van der Waals surface area contributed by atoms with Gasteiger partial charge < -0.3 is 16.0 Å². The van der Waals surface area contributed by atoms with Crippen molar-refractivity contribution < 1.29 is 14.4 Å². The Labute approximate surface area is 229 Å². The van der Waals surface area contributed by atoms with Gasteiger partial charge in [-0.1, -0.05) is 74.7 Å². The Morgan fingerprint density at radius 2 is 1.22 bits per heavy atom. The first-order valence-corrected chi connectivity index (χ1v) is 15.2. The molecule has 0 bridgehead atoms. The zero-order valence-corrected chi connectivity index (χ0v) is 25.6. The lowest BCUT2D eigenvalue weighted by molar-refractivity contribution is -0.129. The summed E-state index contributed by atoms with van der Waals surface area (Å²) < 4.78 is 0. The minimum absolute atomic E-state index is 0.131. The number of hydrogen-bond donors (Lipinski definition) is 3. The number of carbonyl (C=O) groups is 3. The number of rotatable bonds is 24. The van der Waals surface area contributed by atoms with E-state index in [1.165, 1.54) is 6.42 Å². The molecule has 0 spiro atoms. The zero-order chi connectivity index (χ0) is 28.2. The van der Waals surface area contributed by atoms with E-state index in [4.69, 9.17) is 0 Å². The van der Waals surface area contributed by atoms with Crippen molar-refractivity contribution in [2.75, 3.05) is 13.1 Å². The highest BCUT2D eigenvalue weighted by atomic mass is 16.1. The van der Waals surface area contributed by atoms with Crippen LogP contribution >= 0.6 is 0 Å². The van der Waals surface area contributed by atoms with Crippen LogP contribution in [-0.4, -0.2) is 48.7 Å². The third-order valence-corrected chi connectivity index (χ3v) is 6.64. The van der Waals surface area contributed by atoms with E-state index >= 15 is 0 Å². The fourth-order valence-corrected chi connectivity index (χ4v) is 4.60. The van der Waals surface area contributed by atoms with E-state index in [0.717, 1.165) is 57.9 Å². The summed E-state index contributed by atoms with van der Waals surface area (Å²) in [6, 6.07) is 0.431. The van der Waals surface area contributed by atoms with Crippen molar-refractivity contribution in [3.8, 4) is 0 Å². The van der Waals surface area contributed by atoms with Crippen molar-refractivity contribution >= 4 is 17.5 Å². The van der Waals surface area contributed by atoms with Crippen LogP contribution in [-0.2, 0) is 14.4 Å². The number of Topliss-reactive ketones (excluding diaryl/α,β-unsaturated/α-hetero) is 2. The first kappa shape index (κ1) is 35.7. The second kappa shape index (κ2) is 21.6. The Morgan fingerprint density at radius 3 is 1.81 bits per heavy atom. The lowest BCUT2D eigenvalue weighted by Gasteiger charge is -2.23. The van der Waals surface area contributed by atoms with Crippen molar-refractivity contribution in [3.63, 3.8) is 0 Å². The third-order valence-electron chi connectivity index (χ3n) is 6.64. The average Bonchev–Trinajstić information content (AvgIpc) is 2.78. The molecule has 2 atom stereocenters. The maximum Gasteiger partial charge on any atom is 0.219 e. The molecule has 0 radical (unpaired) electrons. The molecule has 3 N–H and O–H groups in total. The predicted octanol–water partition coefficient (Wildman–Crippen LogP) is 6.21. The molecule has 2 unspecified atom stereocenters. The summed E-state index contributed by atoms with van der Waals surface area (Å²) in [5.41, 5.74) is 0. The number of hydrogen-bond acceptors (Lipinski definition) is 5. The molecule has 0 aromatic heterocycles. The van der Waals surface area contributed by atoms with Crippen LogP contribution in [0.5, 0.6) is 0 Å². The highest BCUT2D eigenvalue weighted by Gasteiger charge is 2.26. The summed E-state index contributed by atoms with van der Waals surface area (Å²) in [6.45, 7) is 18.6. The molecule has 37 heavy (non-hydrogen) atoms. The Hall–Kier alpha value is -1.27. The fourth-order valence-electron chi connectivity index (χ4n) is 4.60. The quantitative estimate of drug-likeness (QED) is 0.131. The molecule has 0 aromatic carbocycles. The topological polar surface area (TPSA) is 87.3 Å². The molecule has 0 heterocycles. The van der Waals surface area contributed by atoms with Crippen molar-refractivity contribution in [2.45, 2.75) is 151 Å². The number of carbonyl (C=O) groups excluding carboxylic acids is 3. The van der Waals surface area contributed by atoms with Gasteiger partial charge in [-0.05, 0) is 56.9 Å². The molecule has 0 aromatic rings. The van der Waals surface area contributed by atoms with Crippen molar-refractivity contribution in [1.29, 1.82) is 0 Å². The van der Waals surface area contributed by atoms with Gasteiger partial charge in [-0.15, -0.1) is 0 Å². The summed E-state index contributed by atoms with van der Waals surface area (Å²) in [4.78, 5) is 38.3. The minimum atomic E-state index is -0.233. The van der Waals surface area contributed by atoms with Crippen LogP contribution in [0.15, 0.2) is 0 Å². The van der Waals surface area contributed by atoms with Gasteiger partial charge in [0.2, 0.25) is 5.91 Å². The Kier molecular flexibility index (Phi) is 20.9. The highest BCUT2D eigenvalue weighted by molar-refractivity contribution is 5.90. The SMILES string of the molecule is CC(C)CCCCC(=O)NCCCCC(NC(C)C)C(=O)CC(CCCCNC(C)C)C(=O)CC(C)C. The van der Waals surface area contributed by atoms with Gasteiger partial charge in [-0.2, -0.15) is 0 Å². The van der Waals surface area contributed by atoms with Crippen LogP contribution in [0.1, 0.15) is 132 Å². The van der Waals surface area contributed by atoms with E-state index in [1.807, 2.05) is 0 Å². The Bertz CT molecular complexity index is 617. The maximum absolute atomic E-state index is 13.3. The van der Waals surface area contributed by atoms with Crippen LogP contribution < -0.4 is 16.0 Å². The summed E-state index contributed by atoms with van der Waals surface area (Å²) in [7, 11) is 0. The lowest BCUT2D eigenvalue weighted by atomic mass is 9.86. The number of unbranched alkanes of at least 4 members (excludes halogenated alkanes) is 3. The molecule has 0 aliphatic heterocycles. The van der Waals surface area contributed by atoms with E-state index in [2.05, 4.69) is 71.3 Å². The molecule has 1 amide bonds. The van der Waals surface area contributed by atoms with Gasteiger partial charge in [-0.3, -0.25) is 14.4 Å². The van der Waals surface area contributed by atoms with Gasteiger partial charge in [0.25, 0.3) is 0 Å². The van der Waals surface area contributed by atoms with Crippen molar-refractivity contribution in [3.05, 3.63) is 0 Å². The van der Waals surface area contributed by atoms with Gasteiger partial charge in [0.05, 0.1) is 6.04 Å². The van der Waals surface area contributed by atoms with E-state index in [-0.39, 0.29) is 35.5 Å². The van der Waals surface area contributed by atoms with Crippen LogP contribution in [0, 0.1) is 17.8 Å². The monoisotopic (exact) mass is 523 g/mol. The van der Waals surface area contributed by atoms with Gasteiger partial charge in [-0.25, -0.2) is 0 Å². The smallest absolute Gasteiger partial charge is 0.219 e. The predicted molar refractivity (Wildman–Crippen MR) is 157 cm³/mol. The third kappa shape index (κ3) is 21.4. The zero-order valence-electron chi connectivity index (χ0n) is 25.6. The number of ketones is 2. The van der Waals surface area contributed by atoms with E-state index in [1.54, 1.807) is 0 Å². The van der Waals surface area contributed by atoms with Gasteiger partial charge >= 0.3 is 0 Å². The van der Waals surface area contributed by atoms with Gasteiger partial charge in [0, 0.05) is 43.8 Å². The normalized spacial score (nSPS) is 13.5. The summed E-state index contributed by atoms with van der Waals surface area (Å²) in [6.07, 6.45) is 9.94. The van der Waals surface area contributed by atoms with Crippen LogP contribution in [0.4, 0.5) is 0 Å². The first-order chi connectivity index (χ1) is 17.4. The van der Waals surface area contributed by atoms with Gasteiger partial charge in [0.1, 0.15) is 11.6 Å². The van der Waals surface area contributed by atoms with Gasteiger partial charge in [0.15, 0.2) is 0 Å². The van der Waals surface area contributed by atoms with Crippen LogP contribution in [0.3, 0.4) is 0 Å². The number of nitrogens with one attached hydrogen (secondary N) is 3. The van der Waals surface area contributed by atoms with E-state index in [9.17, 15) is 14.4 Å². The molecule has 0 saturated carbocycles. The van der Waals surface area contributed by atoms with Crippen molar-refractivity contribution in [1.82, 2.24) is 16.0 Å². The second-order valence-electron chi connectivity index (χ2n) is 12.4.